The minimum atomic E-state index is -0.684. The van der Waals surface area contributed by atoms with Gasteiger partial charge < -0.3 is 26.5 Å². The van der Waals surface area contributed by atoms with Crippen LogP contribution < -0.4 is 21.7 Å². The molecule has 7 N–H and O–H groups in total. The Hall–Kier alpha value is -1.78. The quantitative estimate of drug-likeness (QED) is 0.212. The van der Waals surface area contributed by atoms with Gasteiger partial charge in [-0.05, 0) is 50.3 Å². The first kappa shape index (κ1) is 24.3. The molecule has 0 bridgehead atoms. The molecule has 2 aliphatic rings. The van der Waals surface area contributed by atoms with Crippen LogP contribution in [0.2, 0.25) is 5.02 Å². The number of amides is 2. The summed E-state index contributed by atoms with van der Waals surface area (Å²) < 4.78 is 0. The average molecular weight is 494 g/mol. The molecule has 2 aromatic rings. The number of carbonyl (C=O) groups excluding carboxylic acids is 2. The smallest absolute Gasteiger partial charge is 0.268 e. The monoisotopic (exact) mass is 493 g/mol. The lowest BCUT2D eigenvalue weighted by Crippen LogP contribution is -2.55. The molecule has 5 atom stereocenters. The molecule has 4 rings (SSSR count). The van der Waals surface area contributed by atoms with Crippen LogP contribution in [0.4, 0.5) is 0 Å². The molecule has 8 nitrogen and oxygen atoms in total. The van der Waals surface area contributed by atoms with E-state index in [0.717, 1.165) is 37.6 Å². The van der Waals surface area contributed by atoms with E-state index < -0.39 is 23.7 Å². The fourth-order valence-corrected chi connectivity index (χ4v) is 4.90. The molecule has 2 heterocycles. The van der Waals surface area contributed by atoms with Crippen molar-refractivity contribution in [3.8, 4) is 0 Å². The summed E-state index contributed by atoms with van der Waals surface area (Å²) in [6.45, 7) is 0.774. The summed E-state index contributed by atoms with van der Waals surface area (Å²) in [4.78, 5) is 29.2. The number of para-hydroxylation sites is 1. The molecule has 33 heavy (non-hydrogen) atoms. The van der Waals surface area contributed by atoms with Gasteiger partial charge in [0.1, 0.15) is 18.0 Å². The van der Waals surface area contributed by atoms with Gasteiger partial charge in [-0.3, -0.25) is 14.9 Å². The molecule has 1 aromatic carbocycles. The summed E-state index contributed by atoms with van der Waals surface area (Å²) in [6.07, 6.45) is 4.37. The molecule has 2 amide bonds. The van der Waals surface area contributed by atoms with Crippen molar-refractivity contribution in [1.82, 2.24) is 20.9 Å². The summed E-state index contributed by atoms with van der Waals surface area (Å²) >= 11 is 10.6. The molecule has 1 aliphatic carbocycles. The SMILES string of the molecule is NC(S)[C@H](C[C@@H]1CCCN[C@@H]1O)NC(=O)[C@H](CC1CC1)NC(=O)c1cc2cccc(Cl)c2[nH]1. The van der Waals surface area contributed by atoms with Gasteiger partial charge in [0, 0.05) is 11.3 Å². The van der Waals surface area contributed by atoms with Crippen molar-refractivity contribution in [2.45, 2.75) is 62.2 Å². The van der Waals surface area contributed by atoms with Gasteiger partial charge in [-0.15, -0.1) is 0 Å². The van der Waals surface area contributed by atoms with Crippen LogP contribution >= 0.6 is 24.2 Å². The van der Waals surface area contributed by atoms with E-state index in [4.69, 9.17) is 17.3 Å². The largest absolute Gasteiger partial charge is 0.378 e. The number of nitrogens with two attached hydrogens (primary N) is 1. The van der Waals surface area contributed by atoms with Crippen molar-refractivity contribution in [3.63, 3.8) is 0 Å². The summed E-state index contributed by atoms with van der Waals surface area (Å²) in [7, 11) is 0. The molecule has 1 saturated heterocycles. The molecule has 0 radical (unpaired) electrons. The maximum atomic E-state index is 13.2. The van der Waals surface area contributed by atoms with E-state index in [-0.39, 0.29) is 17.7 Å². The van der Waals surface area contributed by atoms with Crippen molar-refractivity contribution in [2.75, 3.05) is 6.54 Å². The highest BCUT2D eigenvalue weighted by atomic mass is 35.5. The van der Waals surface area contributed by atoms with Crippen LogP contribution in [0.1, 0.15) is 49.0 Å². The lowest BCUT2D eigenvalue weighted by Gasteiger charge is -2.33. The number of aliphatic hydroxyl groups excluding tert-OH is 1. The van der Waals surface area contributed by atoms with Gasteiger partial charge in [0.05, 0.1) is 22.0 Å². The minimum Gasteiger partial charge on any atom is -0.378 e. The van der Waals surface area contributed by atoms with E-state index in [9.17, 15) is 14.7 Å². The lowest BCUT2D eigenvalue weighted by atomic mass is 9.90. The van der Waals surface area contributed by atoms with Crippen molar-refractivity contribution < 1.29 is 14.7 Å². The van der Waals surface area contributed by atoms with Crippen LogP contribution in [0.3, 0.4) is 0 Å². The van der Waals surface area contributed by atoms with Crippen LogP contribution in [-0.2, 0) is 4.79 Å². The third-order valence-corrected chi connectivity index (χ3v) is 7.26. The molecule has 1 aromatic heterocycles. The standard InChI is InChI=1S/C23H32ClN5O3S/c24-15-5-1-3-13-10-18(27-19(13)15)23(32)29-17(9-12-6-7-12)22(31)28-16(20(25)33)11-14-4-2-8-26-21(14)30/h1,3,5,10,12,14,16-17,20-21,26-27,30,33H,2,4,6-9,11,25H2,(H,28,31)(H,29,32)/t14-,16-,17-,20?,21+/m0/s1. The number of aromatic amines is 1. The number of aromatic nitrogens is 1. The number of H-pyrrole nitrogens is 1. The van der Waals surface area contributed by atoms with Crippen LogP contribution in [-0.4, -0.2) is 52.1 Å². The van der Waals surface area contributed by atoms with E-state index in [1.807, 2.05) is 12.1 Å². The highest BCUT2D eigenvalue weighted by molar-refractivity contribution is 7.80. The molecule has 10 heteroatoms. The second kappa shape index (κ2) is 10.7. The van der Waals surface area contributed by atoms with Crippen LogP contribution in [0.25, 0.3) is 10.9 Å². The summed E-state index contributed by atoms with van der Waals surface area (Å²) in [5, 5.41) is 19.9. The molecule has 1 saturated carbocycles. The predicted octanol–water partition coefficient (Wildman–Crippen LogP) is 2.13. The lowest BCUT2D eigenvalue weighted by molar-refractivity contribution is -0.124. The third-order valence-electron chi connectivity index (χ3n) is 6.59. The number of nitrogens with one attached hydrogen (secondary N) is 4. The third kappa shape index (κ3) is 6.22. The van der Waals surface area contributed by atoms with E-state index in [0.29, 0.717) is 35.0 Å². The fourth-order valence-electron chi connectivity index (χ4n) is 4.47. The number of thiol groups is 1. The van der Waals surface area contributed by atoms with E-state index in [1.165, 1.54) is 0 Å². The van der Waals surface area contributed by atoms with Gasteiger partial charge >= 0.3 is 0 Å². The maximum Gasteiger partial charge on any atom is 0.268 e. The average Bonchev–Trinajstić information content (AvgIpc) is 3.48. The minimum absolute atomic E-state index is 0.0187. The van der Waals surface area contributed by atoms with E-state index in [1.54, 1.807) is 12.1 Å². The first-order valence-corrected chi connectivity index (χ1v) is 12.4. The second-order valence-corrected chi connectivity index (χ2v) is 10.2. The number of aliphatic hydroxyl groups is 1. The number of hydrogen-bond acceptors (Lipinski definition) is 6. The molecule has 1 aliphatic heterocycles. The van der Waals surface area contributed by atoms with Crippen LogP contribution in [0, 0.1) is 11.8 Å². The maximum absolute atomic E-state index is 13.2. The number of piperidine rings is 1. The van der Waals surface area contributed by atoms with Gasteiger partial charge in [0.15, 0.2) is 0 Å². The van der Waals surface area contributed by atoms with Gasteiger partial charge in [0.2, 0.25) is 5.91 Å². The van der Waals surface area contributed by atoms with Gasteiger partial charge in [-0.1, -0.05) is 36.6 Å². The zero-order valence-electron chi connectivity index (χ0n) is 18.4. The number of hydrogen-bond donors (Lipinski definition) is 7. The molecule has 2 fully saturated rings. The Balaban J connectivity index is 1.44. The Bertz CT molecular complexity index is 996. The topological polar surface area (TPSA) is 132 Å². The van der Waals surface area contributed by atoms with E-state index in [2.05, 4.69) is 33.6 Å². The zero-order chi connectivity index (χ0) is 23.5. The number of halogens is 1. The zero-order valence-corrected chi connectivity index (χ0v) is 20.0. The first-order chi connectivity index (χ1) is 15.8. The summed E-state index contributed by atoms with van der Waals surface area (Å²) in [6, 6.07) is 6.07. The van der Waals surface area contributed by atoms with Crippen molar-refractivity contribution >= 4 is 46.9 Å². The van der Waals surface area contributed by atoms with Crippen LogP contribution in [0.5, 0.6) is 0 Å². The normalized spacial score (nSPS) is 23.6. The second-order valence-electron chi connectivity index (χ2n) is 9.23. The first-order valence-electron chi connectivity index (χ1n) is 11.6. The molecule has 0 spiro atoms. The van der Waals surface area contributed by atoms with Crippen molar-refractivity contribution in [3.05, 3.63) is 35.0 Å². The molecular formula is C23H32ClN5O3S. The van der Waals surface area contributed by atoms with Gasteiger partial charge in [-0.2, -0.15) is 12.6 Å². The molecule has 1 unspecified atom stereocenters. The molecule has 180 valence electrons. The van der Waals surface area contributed by atoms with Crippen molar-refractivity contribution in [1.29, 1.82) is 0 Å². The van der Waals surface area contributed by atoms with Crippen molar-refractivity contribution in [2.24, 2.45) is 17.6 Å². The van der Waals surface area contributed by atoms with Gasteiger partial charge in [0.25, 0.3) is 5.91 Å². The molecular weight excluding hydrogens is 462 g/mol. The highest BCUT2D eigenvalue weighted by Crippen LogP contribution is 2.34. The Morgan fingerprint density at radius 1 is 1.24 bits per heavy atom. The van der Waals surface area contributed by atoms with Gasteiger partial charge in [-0.25, -0.2) is 0 Å². The number of benzene rings is 1. The summed E-state index contributed by atoms with van der Waals surface area (Å²) in [5.41, 5.74) is 7.09. The highest BCUT2D eigenvalue weighted by Gasteiger charge is 2.34. The fraction of sp³-hybridized carbons (Fsp3) is 0.565. The Morgan fingerprint density at radius 2 is 2.03 bits per heavy atom. The van der Waals surface area contributed by atoms with Crippen LogP contribution in [0.15, 0.2) is 24.3 Å². The Labute approximate surface area is 203 Å². The number of carbonyl (C=O) groups is 2. The summed E-state index contributed by atoms with van der Waals surface area (Å²) in [5.74, 6) is -0.237. The van der Waals surface area contributed by atoms with E-state index >= 15 is 0 Å². The predicted molar refractivity (Wildman–Crippen MR) is 132 cm³/mol. The Morgan fingerprint density at radius 3 is 2.70 bits per heavy atom. The Kier molecular flexibility index (Phi) is 7.86. The number of rotatable bonds is 9. The number of fused-ring (bicyclic) bond motifs is 1.